The van der Waals surface area contributed by atoms with Crippen molar-refractivity contribution in [1.29, 1.82) is 0 Å². The van der Waals surface area contributed by atoms with Crippen LogP contribution in [0, 0.1) is 5.41 Å². The van der Waals surface area contributed by atoms with Crippen molar-refractivity contribution in [1.82, 2.24) is 4.90 Å². The molecule has 1 aliphatic carbocycles. The standard InChI is InChI=1S/C13H24F2N2/c1-17-9-3-2-4-11(17)12(10-16)5-7-13(14,15)8-6-12/h11H,2-10,16H2,1H3. The van der Waals surface area contributed by atoms with Gasteiger partial charge in [0.2, 0.25) is 5.92 Å². The Morgan fingerprint density at radius 2 is 1.82 bits per heavy atom. The normalized spacial score (nSPS) is 33.5. The van der Waals surface area contributed by atoms with Crippen LogP contribution in [0.4, 0.5) is 8.78 Å². The average Bonchev–Trinajstić information content (AvgIpc) is 2.31. The predicted molar refractivity (Wildman–Crippen MR) is 65.2 cm³/mol. The number of rotatable bonds is 2. The molecule has 1 aliphatic heterocycles. The van der Waals surface area contributed by atoms with Gasteiger partial charge in [0.1, 0.15) is 0 Å². The highest BCUT2D eigenvalue weighted by molar-refractivity contribution is 4.98. The van der Waals surface area contributed by atoms with Gasteiger partial charge in [-0.15, -0.1) is 0 Å². The van der Waals surface area contributed by atoms with E-state index in [2.05, 4.69) is 11.9 Å². The first-order valence-corrected chi connectivity index (χ1v) is 6.77. The van der Waals surface area contributed by atoms with E-state index in [1.165, 1.54) is 12.8 Å². The van der Waals surface area contributed by atoms with Gasteiger partial charge in [0.25, 0.3) is 0 Å². The van der Waals surface area contributed by atoms with Crippen LogP contribution in [-0.4, -0.2) is 37.0 Å². The van der Waals surface area contributed by atoms with E-state index < -0.39 is 5.92 Å². The zero-order chi connectivity index (χ0) is 12.5. The molecule has 17 heavy (non-hydrogen) atoms. The van der Waals surface area contributed by atoms with Crippen molar-refractivity contribution in [2.45, 2.75) is 56.9 Å². The summed E-state index contributed by atoms with van der Waals surface area (Å²) in [6.45, 7) is 1.64. The summed E-state index contributed by atoms with van der Waals surface area (Å²) in [4.78, 5) is 2.35. The third kappa shape index (κ3) is 2.63. The number of nitrogens with two attached hydrogens (primary N) is 1. The van der Waals surface area contributed by atoms with E-state index in [1.54, 1.807) is 0 Å². The molecule has 1 saturated heterocycles. The molecule has 2 N–H and O–H groups in total. The second-order valence-electron chi connectivity index (χ2n) is 5.91. The highest BCUT2D eigenvalue weighted by Gasteiger charge is 2.48. The van der Waals surface area contributed by atoms with E-state index in [4.69, 9.17) is 5.73 Å². The molecule has 0 aromatic heterocycles. The molecule has 0 amide bonds. The molecule has 0 radical (unpaired) electrons. The molecular weight excluding hydrogens is 222 g/mol. The van der Waals surface area contributed by atoms with E-state index in [0.29, 0.717) is 25.4 Å². The van der Waals surface area contributed by atoms with Crippen molar-refractivity contribution in [3.63, 3.8) is 0 Å². The third-order valence-electron chi connectivity index (χ3n) is 4.86. The molecule has 4 heteroatoms. The zero-order valence-electron chi connectivity index (χ0n) is 10.7. The molecule has 100 valence electrons. The summed E-state index contributed by atoms with van der Waals surface area (Å²) in [6, 6.07) is 0.414. The second-order valence-corrected chi connectivity index (χ2v) is 5.91. The highest BCUT2D eigenvalue weighted by atomic mass is 19.3. The Labute approximate surface area is 103 Å². The van der Waals surface area contributed by atoms with Gasteiger partial charge in [-0.3, -0.25) is 0 Å². The minimum Gasteiger partial charge on any atom is -0.330 e. The molecule has 2 fully saturated rings. The molecule has 1 unspecified atom stereocenters. The lowest BCUT2D eigenvalue weighted by Crippen LogP contribution is -2.54. The summed E-state index contributed by atoms with van der Waals surface area (Å²) in [5.41, 5.74) is 5.89. The number of nitrogens with zero attached hydrogens (tertiary/aromatic N) is 1. The van der Waals surface area contributed by atoms with E-state index in [9.17, 15) is 8.78 Å². The molecule has 1 saturated carbocycles. The molecule has 0 spiro atoms. The summed E-state index contributed by atoms with van der Waals surface area (Å²) in [6.07, 6.45) is 4.79. The summed E-state index contributed by atoms with van der Waals surface area (Å²) in [7, 11) is 2.12. The Bertz CT molecular complexity index is 258. The molecule has 2 rings (SSSR count). The summed E-state index contributed by atoms with van der Waals surface area (Å²) >= 11 is 0. The zero-order valence-corrected chi connectivity index (χ0v) is 10.7. The van der Waals surface area contributed by atoms with Gasteiger partial charge in [0, 0.05) is 18.9 Å². The number of halogens is 2. The molecule has 1 atom stereocenters. The van der Waals surface area contributed by atoms with Crippen molar-refractivity contribution < 1.29 is 8.78 Å². The maximum absolute atomic E-state index is 13.3. The molecule has 0 aromatic carbocycles. The van der Waals surface area contributed by atoms with E-state index in [-0.39, 0.29) is 18.3 Å². The van der Waals surface area contributed by atoms with Crippen LogP contribution in [0.1, 0.15) is 44.9 Å². The van der Waals surface area contributed by atoms with Crippen LogP contribution in [0.3, 0.4) is 0 Å². The van der Waals surface area contributed by atoms with Crippen molar-refractivity contribution in [3.8, 4) is 0 Å². The maximum Gasteiger partial charge on any atom is 0.248 e. The van der Waals surface area contributed by atoms with Crippen LogP contribution in [0.2, 0.25) is 0 Å². The molecule has 0 aromatic rings. The van der Waals surface area contributed by atoms with Gasteiger partial charge in [-0.1, -0.05) is 6.42 Å². The lowest BCUT2D eigenvalue weighted by molar-refractivity contribution is -0.0880. The van der Waals surface area contributed by atoms with E-state index >= 15 is 0 Å². The van der Waals surface area contributed by atoms with Crippen LogP contribution in [0.25, 0.3) is 0 Å². The smallest absolute Gasteiger partial charge is 0.248 e. The maximum atomic E-state index is 13.3. The molecule has 2 nitrogen and oxygen atoms in total. The van der Waals surface area contributed by atoms with Gasteiger partial charge >= 0.3 is 0 Å². The second kappa shape index (κ2) is 4.81. The Kier molecular flexibility index (Phi) is 3.74. The largest absolute Gasteiger partial charge is 0.330 e. The lowest BCUT2D eigenvalue weighted by atomic mass is 9.65. The van der Waals surface area contributed by atoms with Crippen molar-refractivity contribution in [2.75, 3.05) is 20.1 Å². The monoisotopic (exact) mass is 246 g/mol. The van der Waals surface area contributed by atoms with E-state index in [1.807, 2.05) is 0 Å². The fourth-order valence-corrected chi connectivity index (χ4v) is 3.64. The average molecular weight is 246 g/mol. The number of hydrogen-bond donors (Lipinski definition) is 1. The number of alkyl halides is 2. The predicted octanol–water partition coefficient (Wildman–Crippen LogP) is 2.63. The Morgan fingerprint density at radius 1 is 1.18 bits per heavy atom. The minimum absolute atomic E-state index is 0.0224. The van der Waals surface area contributed by atoms with Gasteiger partial charge in [0.15, 0.2) is 0 Å². The Hall–Kier alpha value is -0.220. The SMILES string of the molecule is CN1CCCCC1C1(CN)CCC(F)(F)CC1. The van der Waals surface area contributed by atoms with Crippen molar-refractivity contribution in [2.24, 2.45) is 11.1 Å². The van der Waals surface area contributed by atoms with Crippen molar-refractivity contribution >= 4 is 0 Å². The van der Waals surface area contributed by atoms with Crippen LogP contribution in [-0.2, 0) is 0 Å². The number of hydrogen-bond acceptors (Lipinski definition) is 2. The first kappa shape index (κ1) is 13.2. The van der Waals surface area contributed by atoms with Crippen molar-refractivity contribution in [3.05, 3.63) is 0 Å². The third-order valence-corrected chi connectivity index (χ3v) is 4.86. The fraction of sp³-hybridized carbons (Fsp3) is 1.00. The molecular formula is C13H24F2N2. The van der Waals surface area contributed by atoms with Gasteiger partial charge in [-0.05, 0) is 51.2 Å². The lowest BCUT2D eigenvalue weighted by Gasteiger charge is -2.50. The Balaban J connectivity index is 2.09. The Morgan fingerprint density at radius 3 is 2.35 bits per heavy atom. The number of piperidine rings is 1. The first-order chi connectivity index (χ1) is 7.99. The summed E-state index contributed by atoms with van der Waals surface area (Å²) in [5.74, 6) is -2.45. The quantitative estimate of drug-likeness (QED) is 0.811. The van der Waals surface area contributed by atoms with Crippen LogP contribution >= 0.6 is 0 Å². The van der Waals surface area contributed by atoms with E-state index in [0.717, 1.165) is 13.0 Å². The fourth-order valence-electron chi connectivity index (χ4n) is 3.64. The molecule has 1 heterocycles. The first-order valence-electron chi connectivity index (χ1n) is 6.77. The van der Waals surface area contributed by atoms with Gasteiger partial charge in [0.05, 0.1) is 0 Å². The highest BCUT2D eigenvalue weighted by Crippen LogP contribution is 2.47. The van der Waals surface area contributed by atoms with Gasteiger partial charge in [-0.2, -0.15) is 0 Å². The molecule has 2 aliphatic rings. The van der Waals surface area contributed by atoms with Crippen LogP contribution in [0.5, 0.6) is 0 Å². The number of likely N-dealkylation sites (tertiary alicyclic amines) is 1. The summed E-state index contributed by atoms with van der Waals surface area (Å²) < 4.78 is 26.6. The van der Waals surface area contributed by atoms with Gasteiger partial charge in [-0.25, -0.2) is 8.78 Å². The summed E-state index contributed by atoms with van der Waals surface area (Å²) in [5, 5.41) is 0. The van der Waals surface area contributed by atoms with Crippen LogP contribution in [0.15, 0.2) is 0 Å². The minimum atomic E-state index is -2.45. The molecule has 0 bridgehead atoms. The van der Waals surface area contributed by atoms with Gasteiger partial charge < -0.3 is 10.6 Å². The van der Waals surface area contributed by atoms with Crippen LogP contribution < -0.4 is 5.73 Å². The topological polar surface area (TPSA) is 29.3 Å².